The lowest BCUT2D eigenvalue weighted by atomic mass is 10.1. The molecule has 1 aromatic rings. The topological polar surface area (TPSA) is 29.5 Å². The second-order valence-electron chi connectivity index (χ2n) is 6.72. The summed E-state index contributed by atoms with van der Waals surface area (Å²) in [6.45, 7) is 5.18. The molecule has 1 atom stereocenters. The summed E-state index contributed by atoms with van der Waals surface area (Å²) >= 11 is 0. The maximum absolute atomic E-state index is 9.15. The van der Waals surface area contributed by atoms with Crippen LogP contribution in [0.1, 0.15) is 89.2 Å². The number of hydrogen-bond acceptors (Lipinski definition) is 2. The molecular formula is C21H36O2. The minimum atomic E-state index is 0.0990. The van der Waals surface area contributed by atoms with Crippen LogP contribution in [0.5, 0.6) is 0 Å². The van der Waals surface area contributed by atoms with Crippen molar-refractivity contribution < 1.29 is 9.84 Å². The zero-order valence-electron chi connectivity index (χ0n) is 15.2. The molecule has 0 aliphatic carbocycles. The normalized spacial score (nSPS) is 12.5. The van der Waals surface area contributed by atoms with Gasteiger partial charge in [-0.25, -0.2) is 0 Å². The Balaban J connectivity index is 1.98. The lowest BCUT2D eigenvalue weighted by Gasteiger charge is -2.13. The molecule has 0 aliphatic heterocycles. The third kappa shape index (κ3) is 10.5. The van der Waals surface area contributed by atoms with Gasteiger partial charge in [-0.05, 0) is 24.5 Å². The van der Waals surface area contributed by atoms with Gasteiger partial charge in [0.05, 0.1) is 19.3 Å². The van der Waals surface area contributed by atoms with Crippen molar-refractivity contribution in [1.29, 1.82) is 0 Å². The molecule has 0 heterocycles. The van der Waals surface area contributed by atoms with E-state index >= 15 is 0 Å². The van der Waals surface area contributed by atoms with Gasteiger partial charge in [0.15, 0.2) is 0 Å². The first kappa shape index (κ1) is 20.2. The molecule has 1 N–H and O–H groups in total. The first-order chi connectivity index (χ1) is 11.3. The van der Waals surface area contributed by atoms with Gasteiger partial charge in [-0.2, -0.15) is 0 Å². The Hall–Kier alpha value is -0.860. The highest BCUT2D eigenvalue weighted by Gasteiger charge is 2.03. The van der Waals surface area contributed by atoms with E-state index in [-0.39, 0.29) is 6.61 Å². The number of hydrogen-bond donors (Lipinski definition) is 1. The first-order valence-electron chi connectivity index (χ1n) is 9.56. The van der Waals surface area contributed by atoms with E-state index in [9.17, 15) is 0 Å². The van der Waals surface area contributed by atoms with Gasteiger partial charge in [0.2, 0.25) is 0 Å². The molecule has 0 bridgehead atoms. The monoisotopic (exact) mass is 320 g/mol. The minimum absolute atomic E-state index is 0.0990. The van der Waals surface area contributed by atoms with Crippen molar-refractivity contribution in [3.63, 3.8) is 0 Å². The van der Waals surface area contributed by atoms with E-state index in [2.05, 4.69) is 19.9 Å². The van der Waals surface area contributed by atoms with Gasteiger partial charge in [-0.3, -0.25) is 0 Å². The lowest BCUT2D eigenvalue weighted by molar-refractivity contribution is 0.0458. The average molecular weight is 321 g/mol. The van der Waals surface area contributed by atoms with Crippen molar-refractivity contribution in [3.8, 4) is 0 Å². The molecule has 1 rings (SSSR count). The molecule has 0 aromatic heterocycles. The largest absolute Gasteiger partial charge is 0.392 e. The van der Waals surface area contributed by atoms with Crippen LogP contribution in [0, 0.1) is 0 Å². The fourth-order valence-electron chi connectivity index (χ4n) is 2.88. The lowest BCUT2D eigenvalue weighted by Crippen LogP contribution is -2.08. The average Bonchev–Trinajstić information content (AvgIpc) is 2.58. The van der Waals surface area contributed by atoms with Crippen LogP contribution in [-0.2, 0) is 18.0 Å². The summed E-state index contributed by atoms with van der Waals surface area (Å²) < 4.78 is 5.92. The van der Waals surface area contributed by atoms with E-state index in [0.29, 0.717) is 12.7 Å². The van der Waals surface area contributed by atoms with Gasteiger partial charge in [-0.15, -0.1) is 0 Å². The number of ether oxygens (including phenoxy) is 1. The highest BCUT2D eigenvalue weighted by atomic mass is 16.5. The second-order valence-corrected chi connectivity index (χ2v) is 6.72. The van der Waals surface area contributed by atoms with Crippen LogP contribution >= 0.6 is 0 Å². The second kappa shape index (κ2) is 13.6. The summed E-state index contributed by atoms with van der Waals surface area (Å²) in [4.78, 5) is 0. The van der Waals surface area contributed by atoms with Crippen molar-refractivity contribution >= 4 is 0 Å². The smallest absolute Gasteiger partial charge is 0.0720 e. The van der Waals surface area contributed by atoms with Gasteiger partial charge in [0, 0.05) is 0 Å². The Kier molecular flexibility index (Phi) is 11.9. The predicted octanol–water partition coefficient (Wildman–Crippen LogP) is 6.00. The van der Waals surface area contributed by atoms with Crippen molar-refractivity contribution in [2.75, 3.05) is 0 Å². The van der Waals surface area contributed by atoms with Crippen LogP contribution in [0.25, 0.3) is 0 Å². The fourth-order valence-corrected chi connectivity index (χ4v) is 2.88. The number of unbranched alkanes of at least 4 members (excludes halogenated alkanes) is 8. The molecule has 0 aliphatic rings. The van der Waals surface area contributed by atoms with Crippen LogP contribution in [0.3, 0.4) is 0 Å². The third-order valence-corrected chi connectivity index (χ3v) is 4.42. The molecule has 0 saturated heterocycles. The Morgan fingerprint density at radius 2 is 1.52 bits per heavy atom. The van der Waals surface area contributed by atoms with Gasteiger partial charge in [-0.1, -0.05) is 89.0 Å². The van der Waals surface area contributed by atoms with Crippen LogP contribution in [0.15, 0.2) is 24.3 Å². The maximum atomic E-state index is 9.15. The summed E-state index contributed by atoms with van der Waals surface area (Å²) in [5.74, 6) is 0. The van der Waals surface area contributed by atoms with E-state index in [1.807, 2.05) is 18.2 Å². The SMILES string of the molecule is CCCCCCCCCCCC(C)OCc1cccc(CO)c1. The number of aliphatic hydroxyl groups is 1. The molecule has 0 radical (unpaired) electrons. The van der Waals surface area contributed by atoms with Crippen molar-refractivity contribution in [2.45, 2.75) is 97.4 Å². The number of rotatable bonds is 14. The minimum Gasteiger partial charge on any atom is -0.392 e. The summed E-state index contributed by atoms with van der Waals surface area (Å²) in [6.07, 6.45) is 13.8. The molecular weight excluding hydrogens is 284 g/mol. The van der Waals surface area contributed by atoms with E-state index in [0.717, 1.165) is 17.5 Å². The molecule has 2 heteroatoms. The Labute approximate surface area is 143 Å². The quantitative estimate of drug-likeness (QED) is 0.426. The fraction of sp³-hybridized carbons (Fsp3) is 0.714. The third-order valence-electron chi connectivity index (χ3n) is 4.42. The van der Waals surface area contributed by atoms with Gasteiger partial charge < -0.3 is 9.84 Å². The van der Waals surface area contributed by atoms with Gasteiger partial charge in [0.25, 0.3) is 0 Å². The van der Waals surface area contributed by atoms with Crippen LogP contribution in [0.4, 0.5) is 0 Å². The number of aliphatic hydroxyl groups excluding tert-OH is 1. The molecule has 2 nitrogen and oxygen atoms in total. The van der Waals surface area contributed by atoms with Crippen molar-refractivity contribution in [3.05, 3.63) is 35.4 Å². The van der Waals surface area contributed by atoms with E-state index in [4.69, 9.17) is 9.84 Å². The first-order valence-corrected chi connectivity index (χ1v) is 9.56. The zero-order valence-corrected chi connectivity index (χ0v) is 15.2. The van der Waals surface area contributed by atoms with Crippen molar-refractivity contribution in [2.24, 2.45) is 0 Å². The standard InChI is InChI=1S/C21H36O2/c1-3-4-5-6-7-8-9-10-11-13-19(2)23-18-21-15-12-14-20(16-21)17-22/h12,14-16,19,22H,3-11,13,17-18H2,1-2H3. The van der Waals surface area contributed by atoms with Crippen LogP contribution in [-0.4, -0.2) is 11.2 Å². The highest BCUT2D eigenvalue weighted by Crippen LogP contribution is 2.14. The van der Waals surface area contributed by atoms with E-state index < -0.39 is 0 Å². The maximum Gasteiger partial charge on any atom is 0.0720 e. The molecule has 0 fully saturated rings. The molecule has 132 valence electrons. The van der Waals surface area contributed by atoms with E-state index in [1.54, 1.807) is 0 Å². The Bertz CT molecular complexity index is 389. The molecule has 0 spiro atoms. The molecule has 23 heavy (non-hydrogen) atoms. The number of benzene rings is 1. The molecule has 0 saturated carbocycles. The van der Waals surface area contributed by atoms with E-state index in [1.165, 1.54) is 57.8 Å². The Morgan fingerprint density at radius 1 is 0.913 bits per heavy atom. The zero-order chi connectivity index (χ0) is 16.8. The summed E-state index contributed by atoms with van der Waals surface area (Å²) in [7, 11) is 0. The molecule has 0 amide bonds. The summed E-state index contributed by atoms with van der Waals surface area (Å²) in [5, 5.41) is 9.15. The van der Waals surface area contributed by atoms with Crippen molar-refractivity contribution in [1.82, 2.24) is 0 Å². The molecule has 1 aromatic carbocycles. The summed E-state index contributed by atoms with van der Waals surface area (Å²) in [6, 6.07) is 8.00. The summed E-state index contributed by atoms with van der Waals surface area (Å²) in [5.41, 5.74) is 2.10. The Morgan fingerprint density at radius 3 is 2.17 bits per heavy atom. The molecule has 1 unspecified atom stereocenters. The van der Waals surface area contributed by atoms with Crippen LogP contribution in [0.2, 0.25) is 0 Å². The highest BCUT2D eigenvalue weighted by molar-refractivity contribution is 5.22. The predicted molar refractivity (Wildman–Crippen MR) is 98.5 cm³/mol. The van der Waals surface area contributed by atoms with Gasteiger partial charge >= 0.3 is 0 Å². The van der Waals surface area contributed by atoms with Gasteiger partial charge in [0.1, 0.15) is 0 Å². The van der Waals surface area contributed by atoms with Crippen LogP contribution < -0.4 is 0 Å².